The summed E-state index contributed by atoms with van der Waals surface area (Å²) >= 11 is 0. The van der Waals surface area contributed by atoms with Gasteiger partial charge in [0, 0.05) is 33.6 Å². The molecular weight excluding hydrogens is 258 g/mol. The summed E-state index contributed by atoms with van der Waals surface area (Å²) in [7, 11) is 2.31. The first-order valence-corrected chi connectivity index (χ1v) is 8.46. The second-order valence-corrected chi connectivity index (χ2v) is 7.36. The van der Waals surface area contributed by atoms with E-state index in [-0.39, 0.29) is 5.67 Å². The Morgan fingerprint density at radius 1 is 1.00 bits per heavy atom. The third kappa shape index (κ3) is 3.36. The van der Waals surface area contributed by atoms with Gasteiger partial charge in [-0.3, -0.25) is 0 Å². The molecule has 1 atom stereocenters. The molecule has 1 unspecified atom stereocenters. The van der Waals surface area contributed by atoms with Gasteiger partial charge in [0.25, 0.3) is 0 Å². The topological polar surface area (TPSA) is 30.9 Å². The molecule has 0 radical (unpaired) electrons. The first-order valence-electron chi connectivity index (χ1n) is 6.66. The van der Waals surface area contributed by atoms with Gasteiger partial charge in [-0.15, -0.1) is 0 Å². The molecular formula is C14H25NO3Si. The molecule has 0 aliphatic rings. The van der Waals surface area contributed by atoms with Crippen molar-refractivity contribution < 1.29 is 13.3 Å². The van der Waals surface area contributed by atoms with Crippen LogP contribution < -0.4 is 4.90 Å². The summed E-state index contributed by atoms with van der Waals surface area (Å²) in [4.78, 5) is 2.29. The lowest BCUT2D eigenvalue weighted by Gasteiger charge is -2.40. The van der Waals surface area contributed by atoms with Gasteiger partial charge in [0.2, 0.25) is 0 Å². The monoisotopic (exact) mass is 283 g/mol. The van der Waals surface area contributed by atoms with Gasteiger partial charge in [0.1, 0.15) is 0 Å². The molecule has 0 aliphatic heterocycles. The van der Waals surface area contributed by atoms with Gasteiger partial charge in [0.05, 0.1) is 5.67 Å². The van der Waals surface area contributed by atoms with Crippen molar-refractivity contribution in [3.63, 3.8) is 0 Å². The number of para-hydroxylation sites is 1. The molecule has 0 aliphatic carbocycles. The number of anilines is 1. The minimum absolute atomic E-state index is 0.111. The molecule has 0 saturated carbocycles. The number of hydrogen-bond donors (Lipinski definition) is 0. The first kappa shape index (κ1) is 16.2. The summed E-state index contributed by atoms with van der Waals surface area (Å²) in [6.07, 6.45) is 0.907. The molecule has 1 rings (SSSR count). The fourth-order valence-electron chi connectivity index (χ4n) is 2.52. The summed E-state index contributed by atoms with van der Waals surface area (Å²) in [5.74, 6) is 0. The van der Waals surface area contributed by atoms with Crippen LogP contribution in [0.2, 0.25) is 0 Å². The van der Waals surface area contributed by atoms with Crippen LogP contribution in [-0.2, 0) is 13.3 Å². The van der Waals surface area contributed by atoms with Crippen molar-refractivity contribution in [2.75, 3.05) is 32.8 Å². The van der Waals surface area contributed by atoms with Crippen molar-refractivity contribution in [3.05, 3.63) is 30.3 Å². The molecule has 108 valence electrons. The van der Waals surface area contributed by atoms with Gasteiger partial charge in [-0.2, -0.15) is 0 Å². The zero-order valence-electron chi connectivity index (χ0n) is 12.6. The minimum atomic E-state index is -2.69. The molecule has 1 aromatic rings. The standard InChI is InChI=1S/C14H25NO3Si/c1-6-14(19(16-3,17-4)18-5)15(7-2)13-11-9-8-10-12-13/h8-12,14H,6-7H2,1-5H3. The van der Waals surface area contributed by atoms with Crippen LogP contribution in [0.5, 0.6) is 0 Å². The van der Waals surface area contributed by atoms with Crippen LogP contribution in [0.3, 0.4) is 0 Å². The maximum absolute atomic E-state index is 5.65. The zero-order valence-corrected chi connectivity index (χ0v) is 13.6. The SMILES string of the molecule is CCC(N(CC)c1ccccc1)[Si](OC)(OC)OC. The molecule has 0 saturated heterocycles. The lowest BCUT2D eigenvalue weighted by Crippen LogP contribution is -2.61. The smallest absolute Gasteiger partial charge is 0.376 e. The number of nitrogens with zero attached hydrogens (tertiary/aromatic N) is 1. The fraction of sp³-hybridized carbons (Fsp3) is 0.571. The van der Waals surface area contributed by atoms with Crippen LogP contribution in [0.25, 0.3) is 0 Å². The van der Waals surface area contributed by atoms with Crippen molar-refractivity contribution in [3.8, 4) is 0 Å². The molecule has 0 fully saturated rings. The van der Waals surface area contributed by atoms with Gasteiger partial charge >= 0.3 is 8.80 Å². The van der Waals surface area contributed by atoms with Crippen LogP contribution >= 0.6 is 0 Å². The summed E-state index contributed by atoms with van der Waals surface area (Å²) in [5, 5.41) is 0. The molecule has 0 N–H and O–H groups in total. The highest BCUT2D eigenvalue weighted by Crippen LogP contribution is 2.25. The third-order valence-corrected chi connectivity index (χ3v) is 6.70. The average Bonchev–Trinajstić information content (AvgIpc) is 2.49. The van der Waals surface area contributed by atoms with Crippen molar-refractivity contribution in [2.45, 2.75) is 25.9 Å². The number of rotatable bonds is 8. The Morgan fingerprint density at radius 3 is 1.89 bits per heavy atom. The van der Waals surface area contributed by atoms with Crippen molar-refractivity contribution >= 4 is 14.5 Å². The quantitative estimate of drug-likeness (QED) is 0.686. The Morgan fingerprint density at radius 2 is 1.53 bits per heavy atom. The lowest BCUT2D eigenvalue weighted by molar-refractivity contribution is 0.111. The minimum Gasteiger partial charge on any atom is -0.376 e. The van der Waals surface area contributed by atoms with Crippen LogP contribution in [0.4, 0.5) is 5.69 Å². The Hall–Kier alpha value is -0.883. The summed E-state index contributed by atoms with van der Waals surface area (Å²) in [5.41, 5.74) is 1.28. The van der Waals surface area contributed by atoms with Gasteiger partial charge < -0.3 is 18.2 Å². The normalized spacial score (nSPS) is 13.3. The van der Waals surface area contributed by atoms with Crippen molar-refractivity contribution in [1.82, 2.24) is 0 Å². The van der Waals surface area contributed by atoms with Crippen LogP contribution in [0.15, 0.2) is 30.3 Å². The average molecular weight is 283 g/mol. The molecule has 0 amide bonds. The first-order chi connectivity index (χ1) is 9.18. The van der Waals surface area contributed by atoms with E-state index in [0.29, 0.717) is 0 Å². The maximum atomic E-state index is 5.65. The van der Waals surface area contributed by atoms with Gasteiger partial charge in [-0.25, -0.2) is 0 Å². The molecule has 0 heterocycles. The van der Waals surface area contributed by atoms with E-state index in [1.54, 1.807) is 21.3 Å². The molecule has 19 heavy (non-hydrogen) atoms. The highest BCUT2D eigenvalue weighted by atomic mass is 28.4. The van der Waals surface area contributed by atoms with Gasteiger partial charge in [-0.1, -0.05) is 25.1 Å². The Bertz CT molecular complexity index is 349. The van der Waals surface area contributed by atoms with E-state index in [4.69, 9.17) is 13.3 Å². The molecule has 5 heteroatoms. The van der Waals surface area contributed by atoms with Gasteiger partial charge in [-0.05, 0) is 25.5 Å². The van der Waals surface area contributed by atoms with Crippen molar-refractivity contribution in [1.29, 1.82) is 0 Å². The molecule has 0 spiro atoms. The van der Waals surface area contributed by atoms with E-state index in [9.17, 15) is 0 Å². The maximum Gasteiger partial charge on any atom is 0.523 e. The van der Waals surface area contributed by atoms with Crippen LogP contribution in [-0.4, -0.2) is 42.3 Å². The predicted molar refractivity (Wildman–Crippen MR) is 80.3 cm³/mol. The second-order valence-electron chi connectivity index (χ2n) is 4.26. The van der Waals surface area contributed by atoms with E-state index < -0.39 is 8.80 Å². The Labute approximate surface area is 117 Å². The highest BCUT2D eigenvalue weighted by Gasteiger charge is 2.49. The summed E-state index contributed by atoms with van der Waals surface area (Å²) in [6, 6.07) is 10.3. The van der Waals surface area contributed by atoms with E-state index >= 15 is 0 Å². The predicted octanol–water partition coefficient (Wildman–Crippen LogP) is 2.71. The number of hydrogen-bond acceptors (Lipinski definition) is 4. The Kier molecular flexibility index (Phi) is 6.51. The summed E-state index contributed by atoms with van der Waals surface area (Å²) < 4.78 is 16.9. The Balaban J connectivity index is 3.11. The zero-order chi connectivity index (χ0) is 14.3. The highest BCUT2D eigenvalue weighted by molar-refractivity contribution is 6.63. The molecule has 4 nitrogen and oxygen atoms in total. The number of benzene rings is 1. The third-order valence-electron chi connectivity index (χ3n) is 3.45. The van der Waals surface area contributed by atoms with Gasteiger partial charge in [0.15, 0.2) is 0 Å². The molecule has 0 bridgehead atoms. The van der Waals surface area contributed by atoms with Crippen LogP contribution in [0, 0.1) is 0 Å². The van der Waals surface area contributed by atoms with E-state index in [1.807, 2.05) is 18.2 Å². The second kappa shape index (κ2) is 7.64. The van der Waals surface area contributed by atoms with E-state index in [0.717, 1.165) is 13.0 Å². The molecule has 0 aromatic heterocycles. The summed E-state index contributed by atoms with van der Waals surface area (Å²) in [6.45, 7) is 5.15. The van der Waals surface area contributed by atoms with Crippen LogP contribution in [0.1, 0.15) is 20.3 Å². The molecule has 1 aromatic carbocycles. The lowest BCUT2D eigenvalue weighted by atomic mass is 10.2. The fourth-order valence-corrected chi connectivity index (χ4v) is 5.05. The van der Waals surface area contributed by atoms with E-state index in [1.165, 1.54) is 5.69 Å². The van der Waals surface area contributed by atoms with E-state index in [2.05, 4.69) is 30.9 Å². The largest absolute Gasteiger partial charge is 0.523 e. The van der Waals surface area contributed by atoms with Crippen molar-refractivity contribution in [2.24, 2.45) is 0 Å².